The summed E-state index contributed by atoms with van der Waals surface area (Å²) >= 11 is 0. The van der Waals surface area contributed by atoms with Gasteiger partial charge in [-0.15, -0.1) is 0 Å². The number of carbonyl (C=O) groups excluding carboxylic acids is 2. The minimum atomic E-state index is -0.599. The highest BCUT2D eigenvalue weighted by molar-refractivity contribution is 5.95. The van der Waals surface area contributed by atoms with Crippen LogP contribution in [0.4, 0.5) is 0 Å². The van der Waals surface area contributed by atoms with E-state index in [9.17, 15) is 9.59 Å². The van der Waals surface area contributed by atoms with Gasteiger partial charge >= 0.3 is 11.9 Å². The van der Waals surface area contributed by atoms with E-state index in [1.807, 2.05) is 13.8 Å². The summed E-state index contributed by atoms with van der Waals surface area (Å²) in [6, 6.07) is 0.0324. The van der Waals surface area contributed by atoms with E-state index in [4.69, 9.17) is 0 Å². The molecule has 1 N–H and O–H groups in total. The van der Waals surface area contributed by atoms with Crippen LogP contribution in [0.2, 0.25) is 0 Å². The number of esters is 2. The lowest BCUT2D eigenvalue weighted by atomic mass is 10.3. The highest BCUT2D eigenvalue weighted by atomic mass is 16.5. The zero-order valence-electron chi connectivity index (χ0n) is 8.79. The summed E-state index contributed by atoms with van der Waals surface area (Å²) in [5, 5.41) is 2.78. The van der Waals surface area contributed by atoms with Crippen LogP contribution in [0.3, 0.4) is 0 Å². The molecule has 0 spiro atoms. The molecule has 0 radical (unpaired) electrons. The predicted octanol–water partition coefficient (Wildman–Crippen LogP) is 0.214. The topological polar surface area (TPSA) is 64.6 Å². The Bertz CT molecular complexity index is 245. The molecule has 0 aliphatic rings. The quantitative estimate of drug-likeness (QED) is 0.520. The monoisotopic (exact) mass is 201 g/mol. The van der Waals surface area contributed by atoms with Gasteiger partial charge in [0.25, 0.3) is 0 Å². The number of carbonyl (C=O) groups is 2. The molecule has 0 aromatic heterocycles. The molecule has 0 aliphatic carbocycles. The summed E-state index contributed by atoms with van der Waals surface area (Å²) in [6.45, 7) is 3.68. The van der Waals surface area contributed by atoms with E-state index in [0.29, 0.717) is 0 Å². The predicted molar refractivity (Wildman–Crippen MR) is 50.4 cm³/mol. The van der Waals surface area contributed by atoms with Crippen molar-refractivity contribution in [2.24, 2.45) is 0 Å². The van der Waals surface area contributed by atoms with Crippen LogP contribution in [0, 0.1) is 0 Å². The molecule has 0 atom stereocenters. The molecule has 5 heteroatoms. The first-order chi connectivity index (χ1) is 6.51. The van der Waals surface area contributed by atoms with Crippen molar-refractivity contribution >= 4 is 11.9 Å². The first kappa shape index (κ1) is 12.5. The minimum Gasteiger partial charge on any atom is -0.466 e. The van der Waals surface area contributed by atoms with Gasteiger partial charge in [-0.2, -0.15) is 0 Å². The van der Waals surface area contributed by atoms with E-state index >= 15 is 0 Å². The number of nitrogens with one attached hydrogen (secondary N) is 1. The smallest absolute Gasteiger partial charge is 0.354 e. The van der Waals surface area contributed by atoms with Crippen molar-refractivity contribution in [3.05, 3.63) is 11.8 Å². The second kappa shape index (κ2) is 6.01. The molecule has 0 fully saturated rings. The van der Waals surface area contributed by atoms with Gasteiger partial charge in [-0.1, -0.05) is 0 Å². The number of hydrogen-bond acceptors (Lipinski definition) is 5. The number of hydrogen-bond donors (Lipinski definition) is 1. The first-order valence-electron chi connectivity index (χ1n) is 4.15. The standard InChI is InChI=1S/C9H15NO4/c1-6(2)10-7(9(12)14-4)5-8(11)13-3/h5-6,10H,1-4H3/b7-5+. The van der Waals surface area contributed by atoms with Crippen LogP contribution >= 0.6 is 0 Å². The molecule has 0 aromatic carbocycles. The van der Waals surface area contributed by atoms with E-state index in [2.05, 4.69) is 14.8 Å². The van der Waals surface area contributed by atoms with Crippen LogP contribution in [0.25, 0.3) is 0 Å². The van der Waals surface area contributed by atoms with Crippen LogP contribution in [0.15, 0.2) is 11.8 Å². The fourth-order valence-corrected chi connectivity index (χ4v) is 0.757. The van der Waals surface area contributed by atoms with E-state index in [1.54, 1.807) is 0 Å². The molecular weight excluding hydrogens is 186 g/mol. The number of ether oxygens (including phenoxy) is 2. The Balaban J connectivity index is 4.62. The van der Waals surface area contributed by atoms with Crippen LogP contribution in [0.1, 0.15) is 13.8 Å². The van der Waals surface area contributed by atoms with E-state index in [-0.39, 0.29) is 11.7 Å². The van der Waals surface area contributed by atoms with E-state index in [1.165, 1.54) is 14.2 Å². The summed E-state index contributed by atoms with van der Waals surface area (Å²) in [5.41, 5.74) is 0.0920. The lowest BCUT2D eigenvalue weighted by molar-refractivity contribution is -0.138. The molecule has 0 saturated carbocycles. The normalized spacial score (nSPS) is 11.1. The van der Waals surface area contributed by atoms with Crippen molar-refractivity contribution in [3.8, 4) is 0 Å². The van der Waals surface area contributed by atoms with Gasteiger partial charge in [-0.25, -0.2) is 9.59 Å². The third-order valence-corrected chi connectivity index (χ3v) is 1.31. The molecule has 0 amide bonds. The maximum absolute atomic E-state index is 11.1. The second-order valence-corrected chi connectivity index (χ2v) is 2.87. The van der Waals surface area contributed by atoms with Gasteiger partial charge in [0.05, 0.1) is 20.3 Å². The molecule has 0 aromatic rings. The summed E-state index contributed by atoms with van der Waals surface area (Å²) < 4.78 is 8.87. The first-order valence-corrected chi connectivity index (χ1v) is 4.15. The van der Waals surface area contributed by atoms with Crippen molar-refractivity contribution in [2.75, 3.05) is 14.2 Å². The van der Waals surface area contributed by atoms with E-state index < -0.39 is 11.9 Å². The fraction of sp³-hybridized carbons (Fsp3) is 0.556. The largest absolute Gasteiger partial charge is 0.466 e. The molecule has 5 nitrogen and oxygen atoms in total. The Labute approximate surface area is 83.1 Å². The van der Waals surface area contributed by atoms with Crippen molar-refractivity contribution < 1.29 is 19.1 Å². The molecule has 0 saturated heterocycles. The number of methoxy groups -OCH3 is 2. The SMILES string of the molecule is COC(=O)/C=C(/NC(C)C)C(=O)OC. The number of rotatable bonds is 4. The lowest BCUT2D eigenvalue weighted by Gasteiger charge is -2.11. The summed E-state index contributed by atoms with van der Waals surface area (Å²) in [5.74, 6) is -1.19. The van der Waals surface area contributed by atoms with Gasteiger partial charge in [-0.3, -0.25) is 0 Å². The zero-order chi connectivity index (χ0) is 11.1. The van der Waals surface area contributed by atoms with Crippen molar-refractivity contribution in [3.63, 3.8) is 0 Å². The lowest BCUT2D eigenvalue weighted by Crippen LogP contribution is -2.28. The molecule has 80 valence electrons. The fourth-order valence-electron chi connectivity index (χ4n) is 0.757. The van der Waals surface area contributed by atoms with Gasteiger partial charge in [0, 0.05) is 6.04 Å². The van der Waals surface area contributed by atoms with Gasteiger partial charge in [-0.05, 0) is 13.8 Å². The second-order valence-electron chi connectivity index (χ2n) is 2.87. The molecule has 0 unspecified atom stereocenters. The Morgan fingerprint density at radius 3 is 2.14 bits per heavy atom. The molecule has 0 heterocycles. The summed E-state index contributed by atoms with van der Waals surface area (Å²) in [6.07, 6.45) is 1.06. The summed E-state index contributed by atoms with van der Waals surface area (Å²) in [4.78, 5) is 22.0. The zero-order valence-corrected chi connectivity index (χ0v) is 8.79. The highest BCUT2D eigenvalue weighted by Gasteiger charge is 2.12. The Morgan fingerprint density at radius 1 is 1.21 bits per heavy atom. The Kier molecular flexibility index (Phi) is 5.36. The third-order valence-electron chi connectivity index (χ3n) is 1.31. The van der Waals surface area contributed by atoms with Gasteiger partial charge in [0.15, 0.2) is 0 Å². The van der Waals surface area contributed by atoms with E-state index in [0.717, 1.165) is 6.08 Å². The van der Waals surface area contributed by atoms with Crippen LogP contribution in [-0.4, -0.2) is 32.2 Å². The van der Waals surface area contributed by atoms with Gasteiger partial charge in [0.2, 0.25) is 0 Å². The Morgan fingerprint density at radius 2 is 1.79 bits per heavy atom. The maximum Gasteiger partial charge on any atom is 0.354 e. The van der Waals surface area contributed by atoms with Crippen LogP contribution in [0.5, 0.6) is 0 Å². The minimum absolute atomic E-state index is 0.0324. The average Bonchev–Trinajstić information content (AvgIpc) is 2.14. The molecule has 0 aliphatic heterocycles. The van der Waals surface area contributed by atoms with Crippen molar-refractivity contribution in [1.29, 1.82) is 0 Å². The third kappa shape index (κ3) is 4.49. The molecule has 0 bridgehead atoms. The highest BCUT2D eigenvalue weighted by Crippen LogP contribution is 1.96. The van der Waals surface area contributed by atoms with Crippen LogP contribution < -0.4 is 5.32 Å². The molecular formula is C9H15NO4. The summed E-state index contributed by atoms with van der Waals surface area (Å²) in [7, 11) is 2.48. The average molecular weight is 201 g/mol. The van der Waals surface area contributed by atoms with Crippen molar-refractivity contribution in [1.82, 2.24) is 5.32 Å². The molecule has 14 heavy (non-hydrogen) atoms. The van der Waals surface area contributed by atoms with Crippen molar-refractivity contribution in [2.45, 2.75) is 19.9 Å². The molecule has 0 rings (SSSR count). The Hall–Kier alpha value is -1.52. The van der Waals surface area contributed by atoms with Gasteiger partial charge in [0.1, 0.15) is 5.70 Å². The van der Waals surface area contributed by atoms with Crippen LogP contribution in [-0.2, 0) is 19.1 Å². The van der Waals surface area contributed by atoms with Gasteiger partial charge < -0.3 is 14.8 Å². The maximum atomic E-state index is 11.1.